The maximum atomic E-state index is 10.9. The van der Waals surface area contributed by atoms with Gasteiger partial charge < -0.3 is 16.6 Å². The lowest BCUT2D eigenvalue weighted by Crippen LogP contribution is -2.18. The second-order valence-corrected chi connectivity index (χ2v) is 10.6. The van der Waals surface area contributed by atoms with Crippen molar-refractivity contribution < 1.29 is 5.11 Å². The zero-order chi connectivity index (χ0) is 20.4. The molecule has 3 unspecified atom stereocenters. The third-order valence-electron chi connectivity index (χ3n) is 6.18. The lowest BCUT2D eigenvalue weighted by Gasteiger charge is -2.28. The Morgan fingerprint density at radius 2 is 1.33 bits per heavy atom. The first-order valence-electron chi connectivity index (χ1n) is 10.8. The number of hydrogen-bond acceptors (Lipinski definition) is 3. The van der Waals surface area contributed by atoms with Gasteiger partial charge in [0.05, 0.1) is 0 Å². The van der Waals surface area contributed by atoms with E-state index in [-0.39, 0.29) is 10.8 Å². The van der Waals surface area contributed by atoms with Crippen molar-refractivity contribution in [2.75, 3.05) is 6.54 Å². The molecule has 1 saturated carbocycles. The maximum absolute atomic E-state index is 10.9. The van der Waals surface area contributed by atoms with Crippen molar-refractivity contribution in [2.45, 2.75) is 96.9 Å². The van der Waals surface area contributed by atoms with E-state index in [1.54, 1.807) is 0 Å². The second-order valence-electron chi connectivity index (χ2n) is 10.6. The summed E-state index contributed by atoms with van der Waals surface area (Å²) in [4.78, 5) is 0. The van der Waals surface area contributed by atoms with E-state index in [1.807, 2.05) is 0 Å². The molecule has 154 valence electrons. The molecule has 0 heterocycles. The van der Waals surface area contributed by atoms with Crippen molar-refractivity contribution in [3.63, 3.8) is 0 Å². The van der Waals surface area contributed by atoms with Crippen LogP contribution in [0.25, 0.3) is 0 Å². The number of hydrogen-bond donors (Lipinski definition) is 3. The Kier molecular flexibility index (Phi) is 7.02. The van der Waals surface area contributed by atoms with Gasteiger partial charge in [-0.15, -0.1) is 0 Å². The van der Waals surface area contributed by atoms with Gasteiger partial charge in [-0.25, -0.2) is 0 Å². The van der Waals surface area contributed by atoms with Gasteiger partial charge in [0.25, 0.3) is 0 Å². The van der Waals surface area contributed by atoms with E-state index < -0.39 is 0 Å². The Labute approximate surface area is 166 Å². The number of aromatic hydroxyl groups is 1. The highest BCUT2D eigenvalue weighted by Gasteiger charge is 2.45. The normalized spacial score (nSPS) is 22.9. The number of aryl methyl sites for hydroxylation is 1. The van der Waals surface area contributed by atoms with Crippen LogP contribution in [0, 0.1) is 11.8 Å². The molecule has 0 saturated heterocycles. The van der Waals surface area contributed by atoms with Crippen molar-refractivity contribution in [1.29, 1.82) is 0 Å². The highest BCUT2D eigenvalue weighted by atomic mass is 16.3. The summed E-state index contributed by atoms with van der Waals surface area (Å²) >= 11 is 0. The molecule has 3 heteroatoms. The van der Waals surface area contributed by atoms with E-state index in [0.717, 1.165) is 30.5 Å². The van der Waals surface area contributed by atoms with Crippen LogP contribution in [0.15, 0.2) is 12.1 Å². The SMILES string of the molecule is CC(C)(C)c1cc(CCCC2C(N)C2CCCCN)cc(C(C)(C)C)c1O. The average molecular weight is 375 g/mol. The lowest BCUT2D eigenvalue weighted by molar-refractivity contribution is 0.422. The molecule has 3 nitrogen and oxygen atoms in total. The quantitative estimate of drug-likeness (QED) is 0.560. The Morgan fingerprint density at radius 3 is 1.78 bits per heavy atom. The fourth-order valence-electron chi connectivity index (χ4n) is 4.34. The van der Waals surface area contributed by atoms with E-state index in [4.69, 9.17) is 11.5 Å². The third-order valence-corrected chi connectivity index (χ3v) is 6.18. The smallest absolute Gasteiger partial charge is 0.123 e. The molecule has 27 heavy (non-hydrogen) atoms. The Hall–Kier alpha value is -1.06. The first kappa shape index (κ1) is 22.2. The topological polar surface area (TPSA) is 72.3 Å². The van der Waals surface area contributed by atoms with Crippen LogP contribution >= 0.6 is 0 Å². The summed E-state index contributed by atoms with van der Waals surface area (Å²) in [7, 11) is 0. The summed E-state index contributed by atoms with van der Waals surface area (Å²) in [5.74, 6) is 1.89. The zero-order valence-electron chi connectivity index (χ0n) is 18.4. The standard InChI is InChI=1S/C24H42N2O/c1-23(2,3)19-14-16(15-20(22(19)27)24(4,5)6)10-9-12-18-17(21(18)26)11-7-8-13-25/h14-15,17-18,21,27H,7-13,25-26H2,1-6H3. The van der Waals surface area contributed by atoms with Crippen LogP contribution in [-0.2, 0) is 17.3 Å². The molecular weight excluding hydrogens is 332 g/mol. The number of nitrogens with two attached hydrogens (primary N) is 2. The van der Waals surface area contributed by atoms with Crippen molar-refractivity contribution in [3.8, 4) is 5.75 Å². The molecule has 1 fully saturated rings. The Bertz CT molecular complexity index is 589. The molecule has 0 aromatic heterocycles. The fraction of sp³-hybridized carbons (Fsp3) is 0.750. The summed E-state index contributed by atoms with van der Waals surface area (Å²) in [6, 6.07) is 4.84. The van der Waals surface area contributed by atoms with E-state index in [0.29, 0.717) is 23.6 Å². The van der Waals surface area contributed by atoms with Crippen molar-refractivity contribution in [2.24, 2.45) is 23.3 Å². The summed E-state index contributed by atoms with van der Waals surface area (Å²) in [6.45, 7) is 13.8. The van der Waals surface area contributed by atoms with Gasteiger partial charge >= 0.3 is 0 Å². The zero-order valence-corrected chi connectivity index (χ0v) is 18.4. The van der Waals surface area contributed by atoms with Crippen LogP contribution in [0.3, 0.4) is 0 Å². The van der Waals surface area contributed by atoms with Crippen LogP contribution < -0.4 is 11.5 Å². The second kappa shape index (κ2) is 8.53. The van der Waals surface area contributed by atoms with Gasteiger partial charge in [0, 0.05) is 6.04 Å². The number of unbranched alkanes of at least 4 members (excludes halogenated alkanes) is 1. The maximum Gasteiger partial charge on any atom is 0.123 e. The molecule has 2 rings (SSSR count). The number of phenols is 1. The monoisotopic (exact) mass is 374 g/mol. The lowest BCUT2D eigenvalue weighted by atomic mass is 9.78. The predicted octanol–water partition coefficient (Wildman–Crippen LogP) is 5.01. The first-order valence-corrected chi connectivity index (χ1v) is 10.8. The van der Waals surface area contributed by atoms with Crippen LogP contribution in [0.5, 0.6) is 5.75 Å². The highest BCUT2D eigenvalue weighted by Crippen LogP contribution is 2.45. The van der Waals surface area contributed by atoms with Gasteiger partial charge in [0.2, 0.25) is 0 Å². The van der Waals surface area contributed by atoms with E-state index in [2.05, 4.69) is 53.7 Å². The van der Waals surface area contributed by atoms with Gasteiger partial charge in [-0.2, -0.15) is 0 Å². The number of benzene rings is 1. The summed E-state index contributed by atoms with van der Waals surface area (Å²) in [5.41, 5.74) is 15.2. The molecule has 1 aromatic rings. The average Bonchev–Trinajstić information content (AvgIpc) is 3.15. The van der Waals surface area contributed by atoms with Crippen molar-refractivity contribution in [1.82, 2.24) is 0 Å². The van der Waals surface area contributed by atoms with Crippen LogP contribution in [0.1, 0.15) is 90.3 Å². The van der Waals surface area contributed by atoms with Gasteiger partial charge in [-0.3, -0.25) is 0 Å². The molecule has 3 atom stereocenters. The minimum Gasteiger partial charge on any atom is -0.507 e. The van der Waals surface area contributed by atoms with Gasteiger partial charge in [-0.05, 0) is 78.0 Å². The van der Waals surface area contributed by atoms with E-state index in [1.165, 1.54) is 31.2 Å². The minimum atomic E-state index is -0.0625. The van der Waals surface area contributed by atoms with Crippen molar-refractivity contribution >= 4 is 0 Å². The molecule has 0 bridgehead atoms. The molecular formula is C24H42N2O. The largest absolute Gasteiger partial charge is 0.507 e. The molecule has 1 aromatic carbocycles. The Balaban J connectivity index is 2.02. The van der Waals surface area contributed by atoms with Crippen LogP contribution in [-0.4, -0.2) is 17.7 Å². The number of rotatable bonds is 8. The summed E-state index contributed by atoms with van der Waals surface area (Å²) < 4.78 is 0. The van der Waals surface area contributed by atoms with Crippen LogP contribution in [0.4, 0.5) is 0 Å². The van der Waals surface area contributed by atoms with Crippen molar-refractivity contribution in [3.05, 3.63) is 28.8 Å². The molecule has 0 aliphatic heterocycles. The van der Waals surface area contributed by atoms with Gasteiger partial charge in [0.15, 0.2) is 0 Å². The Morgan fingerprint density at radius 1 is 0.852 bits per heavy atom. The number of phenolic OH excluding ortho intramolecular Hbond substituents is 1. The van der Waals surface area contributed by atoms with E-state index >= 15 is 0 Å². The van der Waals surface area contributed by atoms with Gasteiger partial charge in [0.1, 0.15) is 5.75 Å². The highest BCUT2D eigenvalue weighted by molar-refractivity contribution is 5.49. The molecule has 0 radical (unpaired) electrons. The van der Waals surface area contributed by atoms with Gasteiger partial charge in [-0.1, -0.05) is 60.1 Å². The molecule has 5 N–H and O–H groups in total. The van der Waals surface area contributed by atoms with Crippen LogP contribution in [0.2, 0.25) is 0 Å². The minimum absolute atomic E-state index is 0.0625. The third kappa shape index (κ3) is 5.71. The first-order chi connectivity index (χ1) is 12.5. The van der Waals surface area contributed by atoms with E-state index in [9.17, 15) is 5.11 Å². The predicted molar refractivity (Wildman–Crippen MR) is 116 cm³/mol. The molecule has 1 aliphatic rings. The molecule has 1 aliphatic carbocycles. The molecule has 0 amide bonds. The summed E-state index contributed by atoms with van der Waals surface area (Å²) in [6.07, 6.45) is 7.02. The molecule has 0 spiro atoms. The fourth-order valence-corrected chi connectivity index (χ4v) is 4.34. The summed E-state index contributed by atoms with van der Waals surface area (Å²) in [5, 5.41) is 10.9.